The molecule has 5 rings (SSSR count). The van der Waals surface area contributed by atoms with Crippen molar-refractivity contribution in [3.63, 3.8) is 0 Å². The molecule has 1 aromatic heterocycles. The maximum atomic E-state index is 11.9. The minimum absolute atomic E-state index is 0.0315. The number of hydrogen-bond acceptors (Lipinski definition) is 4. The van der Waals surface area contributed by atoms with Gasteiger partial charge in [0, 0.05) is 30.6 Å². The number of imidazole rings is 1. The fraction of sp³-hybridized carbons (Fsp3) is 0.875. The van der Waals surface area contributed by atoms with E-state index in [4.69, 9.17) is 0 Å². The van der Waals surface area contributed by atoms with Crippen molar-refractivity contribution in [3.05, 3.63) is 12.4 Å². The predicted octanol–water partition coefficient (Wildman–Crippen LogP) is 4.65. The van der Waals surface area contributed by atoms with Gasteiger partial charge in [-0.2, -0.15) is 0 Å². The highest BCUT2D eigenvalue weighted by Gasteiger charge is 2.64. The quantitative estimate of drug-likeness (QED) is 0.702. The molecular formula is C24H38N2O2S. The smallest absolute Gasteiger partial charge is 0.167 e. The molecule has 4 aliphatic carbocycles. The van der Waals surface area contributed by atoms with Crippen molar-refractivity contribution < 1.29 is 10.2 Å². The molecule has 4 saturated carbocycles. The zero-order valence-electron chi connectivity index (χ0n) is 18.3. The van der Waals surface area contributed by atoms with Crippen molar-refractivity contribution in [3.8, 4) is 0 Å². The van der Waals surface area contributed by atoms with Gasteiger partial charge in [0.15, 0.2) is 5.16 Å². The van der Waals surface area contributed by atoms with E-state index in [0.717, 1.165) is 48.4 Å². The third-order valence-corrected chi connectivity index (χ3v) is 11.5. The van der Waals surface area contributed by atoms with Gasteiger partial charge in [0.2, 0.25) is 0 Å². The third-order valence-electron chi connectivity index (χ3n) is 10.2. The highest BCUT2D eigenvalue weighted by atomic mass is 32.2. The van der Waals surface area contributed by atoms with Crippen LogP contribution in [0.3, 0.4) is 0 Å². The third kappa shape index (κ3) is 2.97. The number of hydrogen-bond donors (Lipinski definition) is 2. The first-order valence-corrected chi connectivity index (χ1v) is 12.8. The number of aliphatic hydroxyl groups is 2. The average Bonchev–Trinajstić information content (AvgIpc) is 3.22. The summed E-state index contributed by atoms with van der Waals surface area (Å²) < 4.78 is 2.05. The summed E-state index contributed by atoms with van der Waals surface area (Å²) in [5.74, 6) is 3.66. The van der Waals surface area contributed by atoms with E-state index >= 15 is 0 Å². The summed E-state index contributed by atoms with van der Waals surface area (Å²) in [5, 5.41) is 23.1. The van der Waals surface area contributed by atoms with Gasteiger partial charge in [-0.3, -0.25) is 0 Å². The number of aryl methyl sites for hydroxylation is 1. The molecule has 29 heavy (non-hydrogen) atoms. The van der Waals surface area contributed by atoms with E-state index in [2.05, 4.69) is 23.4 Å². The van der Waals surface area contributed by atoms with Crippen LogP contribution in [0.1, 0.15) is 71.6 Å². The number of rotatable bonds is 3. The SMILES string of the molecule is Cn1ccnc1SC[C@@]1(O)CCC2C3CCC4CC(O)CC[C@]4(C)C3CC[C@@]21C. The second-order valence-corrected chi connectivity index (χ2v) is 12.2. The molecule has 4 fully saturated rings. The molecule has 0 saturated heterocycles. The van der Waals surface area contributed by atoms with E-state index in [1.807, 2.05) is 19.4 Å². The van der Waals surface area contributed by atoms with Crippen molar-refractivity contribution in [2.24, 2.45) is 41.5 Å². The Morgan fingerprint density at radius 1 is 1.10 bits per heavy atom. The van der Waals surface area contributed by atoms with Gasteiger partial charge in [0.05, 0.1) is 11.7 Å². The van der Waals surface area contributed by atoms with Gasteiger partial charge < -0.3 is 14.8 Å². The predicted molar refractivity (Wildman–Crippen MR) is 117 cm³/mol. The van der Waals surface area contributed by atoms with Crippen LogP contribution in [0.2, 0.25) is 0 Å². The van der Waals surface area contributed by atoms with Crippen LogP contribution in [0.15, 0.2) is 17.6 Å². The van der Waals surface area contributed by atoms with Crippen molar-refractivity contribution in [2.45, 2.75) is 88.5 Å². The lowest BCUT2D eigenvalue weighted by molar-refractivity contribution is -0.152. The first-order chi connectivity index (χ1) is 13.8. The number of fused-ring (bicyclic) bond motifs is 5. The number of nitrogens with zero attached hydrogens (tertiary/aromatic N) is 2. The van der Waals surface area contributed by atoms with E-state index in [1.54, 1.807) is 11.8 Å². The normalized spacial score (nSPS) is 49.3. The van der Waals surface area contributed by atoms with E-state index in [-0.39, 0.29) is 11.5 Å². The molecule has 0 radical (unpaired) electrons. The Balaban J connectivity index is 1.36. The van der Waals surface area contributed by atoms with E-state index < -0.39 is 5.60 Å². The highest BCUT2D eigenvalue weighted by molar-refractivity contribution is 7.99. The zero-order valence-corrected chi connectivity index (χ0v) is 19.1. The van der Waals surface area contributed by atoms with Gasteiger partial charge in [0.1, 0.15) is 0 Å². The minimum Gasteiger partial charge on any atom is -0.393 e. The summed E-state index contributed by atoms with van der Waals surface area (Å²) in [6.45, 7) is 4.94. The van der Waals surface area contributed by atoms with Crippen molar-refractivity contribution >= 4 is 11.8 Å². The molecule has 8 atom stereocenters. The number of aliphatic hydroxyl groups excluding tert-OH is 1. The maximum absolute atomic E-state index is 11.9. The lowest BCUT2D eigenvalue weighted by Crippen LogP contribution is -2.57. The van der Waals surface area contributed by atoms with Crippen molar-refractivity contribution in [2.75, 3.05) is 5.75 Å². The molecule has 4 nitrogen and oxygen atoms in total. The van der Waals surface area contributed by atoms with Crippen LogP contribution in [0.25, 0.3) is 0 Å². The average molecular weight is 419 g/mol. The molecule has 0 aliphatic heterocycles. The summed E-state index contributed by atoms with van der Waals surface area (Å²) in [6, 6.07) is 0. The van der Waals surface area contributed by atoms with Gasteiger partial charge >= 0.3 is 0 Å². The zero-order chi connectivity index (χ0) is 20.4. The van der Waals surface area contributed by atoms with Gasteiger partial charge in [-0.15, -0.1) is 0 Å². The van der Waals surface area contributed by atoms with Crippen LogP contribution in [-0.2, 0) is 7.05 Å². The molecule has 0 amide bonds. The molecule has 5 heteroatoms. The summed E-state index contributed by atoms with van der Waals surface area (Å²) in [5.41, 5.74) is -0.143. The van der Waals surface area contributed by atoms with Crippen LogP contribution >= 0.6 is 11.8 Å². The fourth-order valence-electron chi connectivity index (χ4n) is 8.26. The monoisotopic (exact) mass is 418 g/mol. The fourth-order valence-corrected chi connectivity index (χ4v) is 9.50. The van der Waals surface area contributed by atoms with Crippen LogP contribution in [0.5, 0.6) is 0 Å². The topological polar surface area (TPSA) is 58.3 Å². The maximum Gasteiger partial charge on any atom is 0.167 e. The molecular weight excluding hydrogens is 380 g/mol. The summed E-state index contributed by atoms with van der Waals surface area (Å²) >= 11 is 1.73. The van der Waals surface area contributed by atoms with Crippen LogP contribution in [0, 0.1) is 34.5 Å². The molecule has 0 bridgehead atoms. The number of aromatic nitrogens is 2. The summed E-state index contributed by atoms with van der Waals surface area (Å²) in [4.78, 5) is 4.45. The van der Waals surface area contributed by atoms with Gasteiger partial charge in [0.25, 0.3) is 0 Å². The standard InChI is InChI=1S/C24H38N2O2S/c1-22-9-6-17(27)14-16(22)4-5-18-19(22)7-10-23(2)20(18)8-11-24(23,28)15-29-21-25-12-13-26(21)3/h12-13,16-20,27-28H,4-11,14-15H2,1-3H3/t16?,17?,18?,19?,20?,22-,23-,24-/m0/s1. The molecule has 1 aromatic rings. The number of thioether (sulfide) groups is 1. The lowest BCUT2D eigenvalue weighted by atomic mass is 9.44. The first-order valence-electron chi connectivity index (χ1n) is 11.8. The van der Waals surface area contributed by atoms with E-state index in [1.165, 1.54) is 32.1 Å². The molecule has 162 valence electrons. The Morgan fingerprint density at radius 2 is 1.90 bits per heavy atom. The molecule has 0 spiro atoms. The molecule has 2 N–H and O–H groups in total. The van der Waals surface area contributed by atoms with Crippen molar-refractivity contribution in [1.29, 1.82) is 0 Å². The van der Waals surface area contributed by atoms with Gasteiger partial charge in [-0.05, 0) is 86.9 Å². The Kier molecular flexibility index (Phi) is 4.92. The van der Waals surface area contributed by atoms with Crippen LogP contribution < -0.4 is 0 Å². The first kappa shape index (κ1) is 20.4. The lowest BCUT2D eigenvalue weighted by Gasteiger charge is -2.61. The Bertz CT molecular complexity index is 768. The van der Waals surface area contributed by atoms with Gasteiger partial charge in [-0.1, -0.05) is 25.6 Å². The second kappa shape index (κ2) is 7.00. The Morgan fingerprint density at radius 3 is 2.66 bits per heavy atom. The molecule has 0 aromatic carbocycles. The van der Waals surface area contributed by atoms with Crippen LogP contribution in [-0.4, -0.2) is 37.2 Å². The molecule has 5 unspecified atom stereocenters. The Labute approximate surface area is 179 Å². The highest BCUT2D eigenvalue weighted by Crippen LogP contribution is 2.68. The minimum atomic E-state index is -0.584. The largest absolute Gasteiger partial charge is 0.393 e. The van der Waals surface area contributed by atoms with E-state index in [9.17, 15) is 10.2 Å². The van der Waals surface area contributed by atoms with E-state index in [0.29, 0.717) is 17.3 Å². The molecule has 4 aliphatic rings. The molecule has 1 heterocycles. The van der Waals surface area contributed by atoms with Gasteiger partial charge in [-0.25, -0.2) is 4.98 Å². The summed E-state index contributed by atoms with van der Waals surface area (Å²) in [6.07, 6.45) is 14.1. The van der Waals surface area contributed by atoms with Crippen molar-refractivity contribution in [1.82, 2.24) is 9.55 Å². The summed E-state index contributed by atoms with van der Waals surface area (Å²) in [7, 11) is 2.03. The van der Waals surface area contributed by atoms with Crippen LogP contribution in [0.4, 0.5) is 0 Å². The Hall–Kier alpha value is -0.520. The second-order valence-electron chi connectivity index (χ2n) is 11.2.